The molecule has 5 nitrogen and oxygen atoms in total. The zero-order chi connectivity index (χ0) is 13.5. The number of thiazole rings is 1. The summed E-state index contributed by atoms with van der Waals surface area (Å²) in [5.74, 6) is 0.0695. The fourth-order valence-corrected chi connectivity index (χ4v) is 3.17. The number of nitrogens with one attached hydrogen (secondary N) is 1. The van der Waals surface area contributed by atoms with Crippen LogP contribution in [-0.4, -0.2) is 21.8 Å². The van der Waals surface area contributed by atoms with Crippen LogP contribution in [0.3, 0.4) is 0 Å². The molecule has 0 aliphatic carbocycles. The van der Waals surface area contributed by atoms with Gasteiger partial charge >= 0.3 is 0 Å². The van der Waals surface area contributed by atoms with Crippen molar-refractivity contribution in [2.75, 3.05) is 16.8 Å². The van der Waals surface area contributed by atoms with Crippen LogP contribution >= 0.6 is 11.3 Å². The molecular formula is C14H12N4OS. The third-order valence-corrected chi connectivity index (χ3v) is 4.16. The van der Waals surface area contributed by atoms with Gasteiger partial charge in [0.15, 0.2) is 4.96 Å². The van der Waals surface area contributed by atoms with Gasteiger partial charge in [-0.05, 0) is 12.1 Å². The van der Waals surface area contributed by atoms with Crippen LogP contribution < -0.4 is 10.2 Å². The number of hydrogen-bond acceptors (Lipinski definition) is 4. The van der Waals surface area contributed by atoms with Gasteiger partial charge in [-0.3, -0.25) is 9.20 Å². The van der Waals surface area contributed by atoms with E-state index in [9.17, 15) is 4.79 Å². The second-order valence-electron chi connectivity index (χ2n) is 4.68. The summed E-state index contributed by atoms with van der Waals surface area (Å²) >= 11 is 1.59. The number of rotatable bonds is 2. The Balaban J connectivity index is 1.70. The van der Waals surface area contributed by atoms with Gasteiger partial charge in [0, 0.05) is 17.8 Å². The molecule has 1 aliphatic heterocycles. The molecule has 0 fully saturated rings. The lowest BCUT2D eigenvalue weighted by atomic mass is 10.2. The Morgan fingerprint density at radius 3 is 3.15 bits per heavy atom. The van der Waals surface area contributed by atoms with E-state index < -0.39 is 0 Å². The summed E-state index contributed by atoms with van der Waals surface area (Å²) in [5, 5.41) is 5.13. The predicted octanol–water partition coefficient (Wildman–Crippen LogP) is 2.35. The highest BCUT2D eigenvalue weighted by Gasteiger charge is 2.24. The van der Waals surface area contributed by atoms with E-state index in [0.717, 1.165) is 22.0 Å². The summed E-state index contributed by atoms with van der Waals surface area (Å²) in [6.45, 7) is 0.838. The van der Waals surface area contributed by atoms with Gasteiger partial charge in [-0.15, -0.1) is 11.3 Å². The highest BCUT2D eigenvalue weighted by atomic mass is 32.1. The summed E-state index contributed by atoms with van der Waals surface area (Å²) in [6, 6.07) is 7.85. The van der Waals surface area contributed by atoms with Crippen molar-refractivity contribution in [1.29, 1.82) is 0 Å². The van der Waals surface area contributed by atoms with Crippen LogP contribution in [0.5, 0.6) is 0 Å². The minimum atomic E-state index is 0.0695. The lowest BCUT2D eigenvalue weighted by molar-refractivity contribution is -0.117. The van der Waals surface area contributed by atoms with Crippen LogP contribution in [0.25, 0.3) is 4.96 Å². The predicted molar refractivity (Wildman–Crippen MR) is 79.2 cm³/mol. The first-order valence-electron chi connectivity index (χ1n) is 6.35. The first-order valence-corrected chi connectivity index (χ1v) is 7.23. The van der Waals surface area contributed by atoms with Crippen LogP contribution in [0.4, 0.5) is 11.4 Å². The minimum absolute atomic E-state index is 0.0695. The van der Waals surface area contributed by atoms with Crippen LogP contribution in [0, 0.1) is 0 Å². The highest BCUT2D eigenvalue weighted by Crippen LogP contribution is 2.30. The fourth-order valence-electron chi connectivity index (χ4n) is 2.45. The normalized spacial score (nSPS) is 14.4. The zero-order valence-corrected chi connectivity index (χ0v) is 11.4. The number of para-hydroxylation sites is 2. The molecule has 1 amide bonds. The number of benzene rings is 1. The Kier molecular flexibility index (Phi) is 2.50. The number of carbonyl (C=O) groups excluding carboxylic acids is 1. The van der Waals surface area contributed by atoms with Crippen molar-refractivity contribution in [3.63, 3.8) is 0 Å². The summed E-state index contributed by atoms with van der Waals surface area (Å²) in [6.07, 6.45) is 3.95. The molecule has 3 aromatic rings. The van der Waals surface area contributed by atoms with Crippen molar-refractivity contribution in [2.24, 2.45) is 0 Å². The molecular weight excluding hydrogens is 272 g/mol. The molecule has 20 heavy (non-hydrogen) atoms. The molecule has 0 radical (unpaired) electrons. The summed E-state index contributed by atoms with van der Waals surface area (Å²) in [5.41, 5.74) is 2.81. The smallest absolute Gasteiger partial charge is 0.246 e. The Morgan fingerprint density at radius 1 is 1.35 bits per heavy atom. The third kappa shape index (κ3) is 1.77. The number of nitrogens with zero attached hydrogens (tertiary/aromatic N) is 3. The molecule has 0 spiro atoms. The van der Waals surface area contributed by atoms with E-state index in [4.69, 9.17) is 0 Å². The van der Waals surface area contributed by atoms with E-state index in [-0.39, 0.29) is 5.91 Å². The third-order valence-electron chi connectivity index (χ3n) is 3.39. The maximum absolute atomic E-state index is 12.1. The average Bonchev–Trinajstić information content (AvgIpc) is 3.03. The SMILES string of the molecule is O=C1CNc2ccccc2N1Cc1cn2ccsc2n1. The monoisotopic (exact) mass is 284 g/mol. The topological polar surface area (TPSA) is 49.6 Å². The van der Waals surface area contributed by atoms with E-state index in [1.54, 1.807) is 16.2 Å². The number of hydrogen-bond donors (Lipinski definition) is 1. The molecule has 6 heteroatoms. The largest absolute Gasteiger partial charge is 0.374 e. The number of imidazole rings is 1. The van der Waals surface area contributed by atoms with Gasteiger partial charge in [0.05, 0.1) is 30.2 Å². The van der Waals surface area contributed by atoms with Gasteiger partial charge in [0.2, 0.25) is 5.91 Å². The lowest BCUT2D eigenvalue weighted by Crippen LogP contribution is -2.39. The molecule has 0 saturated heterocycles. The molecule has 1 aliphatic rings. The quantitative estimate of drug-likeness (QED) is 0.786. The van der Waals surface area contributed by atoms with Crippen LogP contribution in [0.15, 0.2) is 42.0 Å². The van der Waals surface area contributed by atoms with Gasteiger partial charge in [-0.1, -0.05) is 12.1 Å². The van der Waals surface area contributed by atoms with E-state index >= 15 is 0 Å². The van der Waals surface area contributed by atoms with Gasteiger partial charge in [0.1, 0.15) is 0 Å². The van der Waals surface area contributed by atoms with E-state index in [2.05, 4.69) is 10.3 Å². The summed E-state index contributed by atoms with van der Waals surface area (Å²) in [7, 11) is 0. The number of amides is 1. The molecule has 0 atom stereocenters. The fraction of sp³-hybridized carbons (Fsp3) is 0.143. The van der Waals surface area contributed by atoms with Gasteiger partial charge in [0.25, 0.3) is 0 Å². The van der Waals surface area contributed by atoms with Gasteiger partial charge in [-0.2, -0.15) is 0 Å². The number of anilines is 2. The van der Waals surface area contributed by atoms with Crippen molar-refractivity contribution in [3.05, 3.63) is 47.7 Å². The van der Waals surface area contributed by atoms with E-state index in [1.165, 1.54) is 0 Å². The maximum atomic E-state index is 12.1. The first kappa shape index (κ1) is 11.5. The van der Waals surface area contributed by atoms with Crippen molar-refractivity contribution in [1.82, 2.24) is 9.38 Å². The lowest BCUT2D eigenvalue weighted by Gasteiger charge is -2.29. The Morgan fingerprint density at radius 2 is 2.25 bits per heavy atom. The number of fused-ring (bicyclic) bond motifs is 2. The van der Waals surface area contributed by atoms with E-state index in [0.29, 0.717) is 13.1 Å². The number of carbonyl (C=O) groups is 1. The van der Waals surface area contributed by atoms with Crippen LogP contribution in [-0.2, 0) is 11.3 Å². The molecule has 4 rings (SSSR count). The van der Waals surface area contributed by atoms with Gasteiger partial charge < -0.3 is 10.2 Å². The second kappa shape index (κ2) is 4.35. The molecule has 2 aromatic heterocycles. The number of aromatic nitrogens is 2. The molecule has 0 unspecified atom stereocenters. The van der Waals surface area contributed by atoms with Crippen LogP contribution in [0.2, 0.25) is 0 Å². The highest BCUT2D eigenvalue weighted by molar-refractivity contribution is 7.15. The Labute approximate surface area is 119 Å². The minimum Gasteiger partial charge on any atom is -0.374 e. The molecule has 0 saturated carbocycles. The Bertz CT molecular complexity index is 763. The van der Waals surface area contributed by atoms with E-state index in [1.807, 2.05) is 46.4 Å². The summed E-state index contributed by atoms with van der Waals surface area (Å²) in [4.78, 5) is 19.4. The van der Waals surface area contributed by atoms with Crippen LogP contribution in [0.1, 0.15) is 5.69 Å². The van der Waals surface area contributed by atoms with Crippen molar-refractivity contribution in [3.8, 4) is 0 Å². The van der Waals surface area contributed by atoms with Crippen molar-refractivity contribution < 1.29 is 4.79 Å². The first-order chi connectivity index (χ1) is 9.81. The molecule has 1 N–H and O–H groups in total. The van der Waals surface area contributed by atoms with Crippen molar-refractivity contribution >= 4 is 33.6 Å². The molecule has 100 valence electrons. The van der Waals surface area contributed by atoms with Crippen molar-refractivity contribution in [2.45, 2.75) is 6.54 Å². The maximum Gasteiger partial charge on any atom is 0.246 e. The molecule has 1 aromatic carbocycles. The summed E-state index contributed by atoms with van der Waals surface area (Å²) < 4.78 is 1.98. The molecule has 0 bridgehead atoms. The average molecular weight is 284 g/mol. The molecule has 3 heterocycles. The zero-order valence-electron chi connectivity index (χ0n) is 10.6. The second-order valence-corrected chi connectivity index (χ2v) is 5.55. The van der Waals surface area contributed by atoms with Gasteiger partial charge in [-0.25, -0.2) is 4.98 Å². The standard InChI is InChI=1S/C14H12N4OS/c19-13-7-15-11-3-1-2-4-12(11)18(13)9-10-8-17-5-6-20-14(17)16-10/h1-6,8,15H,7,9H2. The Hall–Kier alpha value is -2.34.